The van der Waals surface area contributed by atoms with Crippen LogP contribution in [0.5, 0.6) is 0 Å². The van der Waals surface area contributed by atoms with Crippen molar-refractivity contribution in [3.05, 3.63) is 52.5 Å². The zero-order chi connectivity index (χ0) is 18.3. The molecule has 2 saturated carbocycles. The lowest BCUT2D eigenvalue weighted by atomic mass is 9.55. The third-order valence-electron chi connectivity index (χ3n) is 7.37. The lowest BCUT2D eigenvalue weighted by molar-refractivity contribution is -0.181. The molecule has 1 saturated heterocycles. The second-order valence-electron chi connectivity index (χ2n) is 8.93. The minimum absolute atomic E-state index is 0.181. The fraction of sp³-hybridized carbons (Fsp3) is 0.565. The Morgan fingerprint density at radius 2 is 1.85 bits per heavy atom. The molecule has 1 unspecified atom stereocenters. The Balaban J connectivity index is 1.45. The van der Waals surface area contributed by atoms with Crippen LogP contribution in [0.25, 0.3) is 0 Å². The first-order chi connectivity index (χ1) is 13.2. The SMILES string of the molecule is O=C(N1CC2(CCC2)C1c1ccncc1)C1(Cc2cccs2)CCCCC1. The van der Waals surface area contributed by atoms with Crippen molar-refractivity contribution in [1.82, 2.24) is 9.88 Å². The molecule has 2 aliphatic carbocycles. The van der Waals surface area contributed by atoms with Gasteiger partial charge in [-0.25, -0.2) is 0 Å². The van der Waals surface area contributed by atoms with Crippen LogP contribution in [0.2, 0.25) is 0 Å². The van der Waals surface area contributed by atoms with E-state index in [2.05, 4.69) is 39.5 Å². The first-order valence-electron chi connectivity index (χ1n) is 10.5. The molecular weight excluding hydrogens is 352 g/mol. The molecule has 2 aromatic heterocycles. The Morgan fingerprint density at radius 3 is 2.48 bits per heavy atom. The van der Waals surface area contributed by atoms with Gasteiger partial charge < -0.3 is 4.90 Å². The molecule has 0 radical (unpaired) electrons. The van der Waals surface area contributed by atoms with Gasteiger partial charge in [0.1, 0.15) is 0 Å². The summed E-state index contributed by atoms with van der Waals surface area (Å²) in [5, 5.41) is 2.14. The lowest BCUT2D eigenvalue weighted by Gasteiger charge is -2.64. The summed E-state index contributed by atoms with van der Waals surface area (Å²) in [7, 11) is 0. The van der Waals surface area contributed by atoms with Gasteiger partial charge in [-0.1, -0.05) is 31.7 Å². The summed E-state index contributed by atoms with van der Waals surface area (Å²) in [6.45, 7) is 0.963. The number of rotatable bonds is 4. The molecule has 1 spiro atoms. The van der Waals surface area contributed by atoms with Crippen LogP contribution in [-0.4, -0.2) is 22.3 Å². The Kier molecular flexibility index (Phi) is 4.34. The number of hydrogen-bond acceptors (Lipinski definition) is 3. The number of pyridine rings is 1. The molecule has 0 bridgehead atoms. The van der Waals surface area contributed by atoms with Gasteiger partial charge in [0, 0.05) is 29.2 Å². The topological polar surface area (TPSA) is 33.2 Å². The first kappa shape index (κ1) is 17.4. The van der Waals surface area contributed by atoms with E-state index in [0.717, 1.165) is 25.8 Å². The number of thiophene rings is 1. The maximum absolute atomic E-state index is 14.0. The molecule has 3 heterocycles. The van der Waals surface area contributed by atoms with Crippen LogP contribution in [0.15, 0.2) is 42.0 Å². The Bertz CT molecular complexity index is 791. The number of amides is 1. The molecule has 0 N–H and O–H groups in total. The second-order valence-corrected chi connectivity index (χ2v) is 9.96. The van der Waals surface area contributed by atoms with E-state index < -0.39 is 0 Å². The van der Waals surface area contributed by atoms with Crippen LogP contribution in [0.4, 0.5) is 0 Å². The number of aromatic nitrogens is 1. The molecule has 1 atom stereocenters. The summed E-state index contributed by atoms with van der Waals surface area (Å²) in [4.78, 5) is 21.8. The van der Waals surface area contributed by atoms with Crippen molar-refractivity contribution in [2.75, 3.05) is 6.54 Å². The van der Waals surface area contributed by atoms with Crippen LogP contribution >= 0.6 is 11.3 Å². The fourth-order valence-electron chi connectivity index (χ4n) is 5.81. The Hall–Kier alpha value is -1.68. The van der Waals surface area contributed by atoms with Gasteiger partial charge in [-0.2, -0.15) is 0 Å². The number of hydrogen-bond donors (Lipinski definition) is 0. The number of carbonyl (C=O) groups is 1. The average molecular weight is 381 g/mol. The molecule has 1 amide bonds. The van der Waals surface area contributed by atoms with E-state index >= 15 is 0 Å². The molecule has 2 aromatic rings. The Morgan fingerprint density at radius 1 is 1.07 bits per heavy atom. The normalized spacial score (nSPS) is 25.6. The van der Waals surface area contributed by atoms with E-state index in [4.69, 9.17) is 0 Å². The molecule has 5 rings (SSSR count). The van der Waals surface area contributed by atoms with Crippen LogP contribution in [0, 0.1) is 10.8 Å². The van der Waals surface area contributed by atoms with E-state index in [0.29, 0.717) is 11.3 Å². The minimum atomic E-state index is -0.181. The third kappa shape index (κ3) is 2.84. The maximum Gasteiger partial charge on any atom is 0.229 e. The van der Waals surface area contributed by atoms with E-state index in [9.17, 15) is 4.79 Å². The highest BCUT2D eigenvalue weighted by atomic mass is 32.1. The van der Waals surface area contributed by atoms with E-state index in [-0.39, 0.29) is 11.5 Å². The van der Waals surface area contributed by atoms with Gasteiger partial charge in [0.15, 0.2) is 0 Å². The smallest absolute Gasteiger partial charge is 0.229 e. The highest BCUT2D eigenvalue weighted by Crippen LogP contribution is 2.61. The quantitative estimate of drug-likeness (QED) is 0.712. The minimum Gasteiger partial charge on any atom is -0.334 e. The summed E-state index contributed by atoms with van der Waals surface area (Å²) in [6, 6.07) is 8.84. The molecule has 0 aromatic carbocycles. The molecule has 4 heteroatoms. The van der Waals surface area contributed by atoms with Crippen LogP contribution in [0.1, 0.15) is 67.8 Å². The van der Waals surface area contributed by atoms with E-state index in [1.807, 2.05) is 12.4 Å². The van der Waals surface area contributed by atoms with Crippen molar-refractivity contribution in [2.24, 2.45) is 10.8 Å². The van der Waals surface area contributed by atoms with Crippen molar-refractivity contribution in [3.63, 3.8) is 0 Å². The van der Waals surface area contributed by atoms with Crippen molar-refractivity contribution in [1.29, 1.82) is 0 Å². The predicted molar refractivity (Wildman–Crippen MR) is 109 cm³/mol. The zero-order valence-electron chi connectivity index (χ0n) is 15.9. The molecule has 3 fully saturated rings. The summed E-state index contributed by atoms with van der Waals surface area (Å²) >= 11 is 1.80. The lowest BCUT2D eigenvalue weighted by Crippen LogP contribution is -2.66. The van der Waals surface area contributed by atoms with Gasteiger partial charge >= 0.3 is 0 Å². The van der Waals surface area contributed by atoms with Crippen LogP contribution < -0.4 is 0 Å². The van der Waals surface area contributed by atoms with Gasteiger partial charge in [-0.15, -0.1) is 11.3 Å². The van der Waals surface area contributed by atoms with Crippen molar-refractivity contribution in [3.8, 4) is 0 Å². The molecule has 1 aliphatic heterocycles. The molecule has 3 aliphatic rings. The molecule has 27 heavy (non-hydrogen) atoms. The highest BCUT2D eigenvalue weighted by Gasteiger charge is 2.60. The molecular formula is C23H28N2OS. The number of carbonyl (C=O) groups excluding carboxylic acids is 1. The summed E-state index contributed by atoms with van der Waals surface area (Å²) in [6.07, 6.45) is 14.3. The molecule has 142 valence electrons. The average Bonchev–Trinajstić information content (AvgIpc) is 3.14. The predicted octanol–water partition coefficient (Wildman–Crippen LogP) is 5.39. The second kappa shape index (κ2) is 6.73. The summed E-state index contributed by atoms with van der Waals surface area (Å²) < 4.78 is 0. The van der Waals surface area contributed by atoms with Crippen LogP contribution in [-0.2, 0) is 11.2 Å². The van der Waals surface area contributed by atoms with Gasteiger partial charge in [-0.3, -0.25) is 9.78 Å². The van der Waals surface area contributed by atoms with Gasteiger partial charge in [0.05, 0.1) is 11.5 Å². The zero-order valence-corrected chi connectivity index (χ0v) is 16.7. The Labute approximate surface area is 165 Å². The number of likely N-dealkylation sites (tertiary alicyclic amines) is 1. The largest absolute Gasteiger partial charge is 0.334 e. The third-order valence-corrected chi connectivity index (χ3v) is 8.24. The highest BCUT2D eigenvalue weighted by molar-refractivity contribution is 7.09. The van der Waals surface area contributed by atoms with Gasteiger partial charge in [-0.05, 0) is 61.2 Å². The van der Waals surface area contributed by atoms with Crippen molar-refractivity contribution in [2.45, 2.75) is 63.8 Å². The fourth-order valence-corrected chi connectivity index (χ4v) is 6.66. The maximum atomic E-state index is 14.0. The first-order valence-corrected chi connectivity index (χ1v) is 11.3. The van der Waals surface area contributed by atoms with Crippen molar-refractivity contribution >= 4 is 17.2 Å². The summed E-state index contributed by atoms with van der Waals surface area (Å²) in [5.41, 5.74) is 1.45. The summed E-state index contributed by atoms with van der Waals surface area (Å²) in [5.74, 6) is 0.426. The van der Waals surface area contributed by atoms with E-state index in [1.54, 1.807) is 11.3 Å². The van der Waals surface area contributed by atoms with Crippen LogP contribution in [0.3, 0.4) is 0 Å². The van der Waals surface area contributed by atoms with Crippen molar-refractivity contribution < 1.29 is 4.79 Å². The van der Waals surface area contributed by atoms with E-state index in [1.165, 1.54) is 49.0 Å². The standard InChI is InChI=1S/C23H28N2OS/c26-21(22(9-2-1-3-10-22)16-19-6-4-15-27-19)25-17-23(11-5-12-23)20(25)18-7-13-24-14-8-18/h4,6-8,13-15,20H,1-3,5,9-12,16-17H2. The van der Waals surface area contributed by atoms with Gasteiger partial charge in [0.2, 0.25) is 5.91 Å². The molecule has 3 nitrogen and oxygen atoms in total. The monoisotopic (exact) mass is 380 g/mol. The van der Waals surface area contributed by atoms with Gasteiger partial charge in [0.25, 0.3) is 0 Å². The number of nitrogens with zero attached hydrogens (tertiary/aromatic N) is 2.